The number of nitrogens with one attached hydrogen (secondary N) is 1. The Hall–Kier alpha value is -3.81. The lowest BCUT2D eigenvalue weighted by Crippen LogP contribution is -2.54. The summed E-state index contributed by atoms with van der Waals surface area (Å²) < 4.78 is 6.87. The minimum absolute atomic E-state index is 0.000554. The number of carbonyl (C=O) groups is 2. The molecule has 4 aromatic carbocycles. The molecule has 1 fully saturated rings. The zero-order valence-electron chi connectivity index (χ0n) is 19.3. The predicted molar refractivity (Wildman–Crippen MR) is 150 cm³/mol. The van der Waals surface area contributed by atoms with E-state index in [1.165, 1.54) is 10.3 Å². The maximum Gasteiger partial charge on any atom is 0.270 e. The van der Waals surface area contributed by atoms with Gasteiger partial charge in [-0.1, -0.05) is 60.7 Å². The molecule has 0 bridgehead atoms. The fourth-order valence-electron chi connectivity index (χ4n) is 4.15. The molecule has 0 radical (unpaired) electrons. The fourth-order valence-corrected chi connectivity index (χ4v) is 4.94. The van der Waals surface area contributed by atoms with E-state index in [1.54, 1.807) is 30.3 Å². The quantitative estimate of drug-likeness (QED) is 0.177. The van der Waals surface area contributed by atoms with Crippen LogP contribution in [-0.4, -0.2) is 16.9 Å². The van der Waals surface area contributed by atoms with Crippen molar-refractivity contribution in [3.63, 3.8) is 0 Å². The van der Waals surface area contributed by atoms with Crippen LogP contribution < -0.4 is 15.0 Å². The third-order valence-electron chi connectivity index (χ3n) is 6.03. The number of hydrogen-bond donors (Lipinski definition) is 1. The zero-order chi connectivity index (χ0) is 25.2. The van der Waals surface area contributed by atoms with Crippen LogP contribution in [0.4, 0.5) is 5.69 Å². The number of para-hydroxylation sites is 1. The molecule has 1 N–H and O–H groups in total. The number of ether oxygens (including phenoxy) is 1. The number of benzene rings is 4. The molecule has 1 saturated heterocycles. The standard InChI is InChI=1S/C29H21BrN2O3S/c1-18-11-13-20-7-5-6-10-22(20)24(18)17-35-26-14-12-19(16-25(26)30)15-23-27(33)31-29(36)32(28(23)34)21-8-3-2-4-9-21/h2-16H,17H2,1H3,(H,31,33,36)/b23-15-. The van der Waals surface area contributed by atoms with Crippen molar-refractivity contribution in [3.05, 3.63) is 112 Å². The number of hydrogen-bond acceptors (Lipinski definition) is 4. The highest BCUT2D eigenvalue weighted by Crippen LogP contribution is 2.30. The average Bonchev–Trinajstić information content (AvgIpc) is 2.87. The van der Waals surface area contributed by atoms with E-state index in [2.05, 4.69) is 52.4 Å². The first-order valence-electron chi connectivity index (χ1n) is 11.3. The third-order valence-corrected chi connectivity index (χ3v) is 6.93. The number of fused-ring (bicyclic) bond motifs is 1. The van der Waals surface area contributed by atoms with Gasteiger partial charge < -0.3 is 4.74 Å². The van der Waals surface area contributed by atoms with Crippen LogP contribution in [0.2, 0.25) is 0 Å². The molecule has 0 aliphatic carbocycles. The van der Waals surface area contributed by atoms with E-state index in [4.69, 9.17) is 17.0 Å². The van der Waals surface area contributed by atoms with Gasteiger partial charge in [-0.3, -0.25) is 19.8 Å². The second-order valence-electron chi connectivity index (χ2n) is 8.35. The topological polar surface area (TPSA) is 58.6 Å². The van der Waals surface area contributed by atoms with E-state index in [9.17, 15) is 9.59 Å². The predicted octanol–water partition coefficient (Wildman–Crippen LogP) is 6.32. The molecule has 5 rings (SSSR count). The number of halogens is 1. The van der Waals surface area contributed by atoms with Gasteiger partial charge in [0.15, 0.2) is 5.11 Å². The Kier molecular flexibility index (Phi) is 6.67. The van der Waals surface area contributed by atoms with Gasteiger partial charge in [-0.2, -0.15) is 0 Å². The molecule has 1 aliphatic rings. The van der Waals surface area contributed by atoms with Crippen molar-refractivity contribution in [1.82, 2.24) is 5.32 Å². The van der Waals surface area contributed by atoms with E-state index >= 15 is 0 Å². The normalized spacial score (nSPS) is 14.9. The molecule has 2 amide bonds. The lowest BCUT2D eigenvalue weighted by molar-refractivity contribution is -0.122. The van der Waals surface area contributed by atoms with E-state index in [0.717, 1.165) is 16.5 Å². The van der Waals surface area contributed by atoms with Crippen LogP contribution in [0.25, 0.3) is 16.8 Å². The van der Waals surface area contributed by atoms with Crippen LogP contribution in [0.3, 0.4) is 0 Å². The van der Waals surface area contributed by atoms with Gasteiger partial charge in [-0.15, -0.1) is 0 Å². The van der Waals surface area contributed by atoms with Gasteiger partial charge in [0.25, 0.3) is 11.8 Å². The summed E-state index contributed by atoms with van der Waals surface area (Å²) in [6.45, 7) is 2.49. The molecule has 7 heteroatoms. The van der Waals surface area contributed by atoms with Crippen molar-refractivity contribution < 1.29 is 14.3 Å². The van der Waals surface area contributed by atoms with Gasteiger partial charge in [0, 0.05) is 5.56 Å². The molecule has 178 valence electrons. The summed E-state index contributed by atoms with van der Waals surface area (Å²) in [5.41, 5.74) is 3.56. The number of rotatable bonds is 5. The maximum atomic E-state index is 13.2. The number of amides is 2. The van der Waals surface area contributed by atoms with Crippen LogP contribution in [-0.2, 0) is 16.2 Å². The Morgan fingerprint density at radius 1 is 0.972 bits per heavy atom. The monoisotopic (exact) mass is 556 g/mol. The van der Waals surface area contributed by atoms with E-state index in [0.29, 0.717) is 28.1 Å². The van der Waals surface area contributed by atoms with Crippen LogP contribution in [0.5, 0.6) is 5.75 Å². The summed E-state index contributed by atoms with van der Waals surface area (Å²) in [4.78, 5) is 27.1. The zero-order valence-corrected chi connectivity index (χ0v) is 21.7. The summed E-state index contributed by atoms with van der Waals surface area (Å²) in [7, 11) is 0. The summed E-state index contributed by atoms with van der Waals surface area (Å²) in [5.74, 6) is -0.339. The van der Waals surface area contributed by atoms with Gasteiger partial charge in [0.1, 0.15) is 17.9 Å². The number of thiocarbonyl (C=S) groups is 1. The van der Waals surface area contributed by atoms with Crippen molar-refractivity contribution in [3.8, 4) is 5.75 Å². The summed E-state index contributed by atoms with van der Waals surface area (Å²) in [6, 6.07) is 26.9. The van der Waals surface area contributed by atoms with Crippen LogP contribution >= 0.6 is 28.1 Å². The highest BCUT2D eigenvalue weighted by Gasteiger charge is 2.34. The number of aryl methyl sites for hydroxylation is 1. The highest BCUT2D eigenvalue weighted by atomic mass is 79.9. The molecule has 0 spiro atoms. The molecule has 5 nitrogen and oxygen atoms in total. The van der Waals surface area contributed by atoms with E-state index in [-0.39, 0.29) is 10.7 Å². The lowest BCUT2D eigenvalue weighted by atomic mass is 10.0. The molecule has 1 heterocycles. The molecule has 4 aromatic rings. The second-order valence-corrected chi connectivity index (χ2v) is 9.60. The Morgan fingerprint density at radius 2 is 1.72 bits per heavy atom. The number of carbonyl (C=O) groups excluding carboxylic acids is 2. The van der Waals surface area contributed by atoms with Gasteiger partial charge in [0.2, 0.25) is 0 Å². The smallest absolute Gasteiger partial charge is 0.270 e. The first-order valence-corrected chi connectivity index (χ1v) is 12.5. The Bertz CT molecular complexity index is 1550. The summed E-state index contributed by atoms with van der Waals surface area (Å²) in [5, 5.41) is 5.00. The largest absolute Gasteiger partial charge is 0.488 e. The van der Waals surface area contributed by atoms with Gasteiger partial charge in [-0.25, -0.2) is 0 Å². The van der Waals surface area contributed by atoms with Crippen LogP contribution in [0, 0.1) is 6.92 Å². The van der Waals surface area contributed by atoms with E-state index < -0.39 is 11.8 Å². The van der Waals surface area contributed by atoms with Crippen molar-refractivity contribution in [2.45, 2.75) is 13.5 Å². The SMILES string of the molecule is Cc1ccc2ccccc2c1COc1ccc(/C=C2/C(=O)NC(=S)N(c3ccccc3)C2=O)cc1Br. The Labute approximate surface area is 222 Å². The Morgan fingerprint density at radius 3 is 2.50 bits per heavy atom. The van der Waals surface area contributed by atoms with Crippen LogP contribution in [0.1, 0.15) is 16.7 Å². The van der Waals surface area contributed by atoms with Crippen molar-refractivity contribution >= 4 is 67.6 Å². The fraction of sp³-hybridized carbons (Fsp3) is 0.0690. The molecule has 1 aliphatic heterocycles. The third kappa shape index (κ3) is 4.67. The minimum atomic E-state index is -0.528. The lowest BCUT2D eigenvalue weighted by Gasteiger charge is -2.28. The minimum Gasteiger partial charge on any atom is -0.488 e. The molecule has 36 heavy (non-hydrogen) atoms. The average molecular weight is 557 g/mol. The van der Waals surface area contributed by atoms with Crippen molar-refractivity contribution in [2.75, 3.05) is 4.90 Å². The highest BCUT2D eigenvalue weighted by molar-refractivity contribution is 9.10. The van der Waals surface area contributed by atoms with Gasteiger partial charge >= 0.3 is 0 Å². The molecular weight excluding hydrogens is 536 g/mol. The molecular formula is C29H21BrN2O3S. The van der Waals surface area contributed by atoms with Crippen molar-refractivity contribution in [2.24, 2.45) is 0 Å². The van der Waals surface area contributed by atoms with Crippen LogP contribution in [0.15, 0.2) is 95.0 Å². The molecule has 0 atom stereocenters. The summed E-state index contributed by atoms with van der Waals surface area (Å²) >= 11 is 8.82. The first kappa shape index (κ1) is 23.9. The first-order chi connectivity index (χ1) is 17.4. The number of anilines is 1. The molecule has 0 unspecified atom stereocenters. The van der Waals surface area contributed by atoms with Crippen molar-refractivity contribution in [1.29, 1.82) is 0 Å². The van der Waals surface area contributed by atoms with Gasteiger partial charge in [-0.05, 0) is 87.3 Å². The van der Waals surface area contributed by atoms with Gasteiger partial charge in [0.05, 0.1) is 10.2 Å². The molecule has 0 saturated carbocycles. The number of nitrogens with zero attached hydrogens (tertiary/aromatic N) is 1. The summed E-state index contributed by atoms with van der Waals surface area (Å²) in [6.07, 6.45) is 1.55. The Balaban J connectivity index is 1.39. The molecule has 0 aromatic heterocycles. The van der Waals surface area contributed by atoms with E-state index in [1.807, 2.05) is 36.4 Å². The second kappa shape index (κ2) is 10.0. The maximum absolute atomic E-state index is 13.2.